The average molecular weight is 221 g/mol. The summed E-state index contributed by atoms with van der Waals surface area (Å²) >= 11 is 0. The van der Waals surface area contributed by atoms with Gasteiger partial charge in [0.2, 0.25) is 0 Å². The third-order valence-electron chi connectivity index (χ3n) is 1.95. The van der Waals surface area contributed by atoms with Crippen LogP contribution in [-0.4, -0.2) is 11.0 Å². The van der Waals surface area contributed by atoms with Gasteiger partial charge in [-0.2, -0.15) is 0 Å². The zero-order chi connectivity index (χ0) is 11.5. The number of hydrogen-bond acceptors (Lipinski definition) is 3. The molecular weight excluding hydrogens is 213 g/mol. The van der Waals surface area contributed by atoms with Gasteiger partial charge >= 0.3 is 0 Å². The normalized spacial score (nSPS) is 10.1. The van der Waals surface area contributed by atoms with E-state index in [2.05, 4.69) is 5.32 Å². The van der Waals surface area contributed by atoms with Crippen molar-refractivity contribution in [1.29, 1.82) is 0 Å². The van der Waals surface area contributed by atoms with Crippen molar-refractivity contribution in [1.82, 2.24) is 0 Å². The quantitative estimate of drug-likeness (QED) is 0.765. The number of hydrogen-bond donors (Lipinski definition) is 2. The summed E-state index contributed by atoms with van der Waals surface area (Å²) in [6, 6.07) is 6.64. The van der Waals surface area contributed by atoms with Crippen molar-refractivity contribution in [2.75, 3.05) is 5.32 Å². The fourth-order valence-electron chi connectivity index (χ4n) is 1.19. The molecule has 0 saturated carbocycles. The van der Waals surface area contributed by atoms with Crippen LogP contribution < -0.4 is 5.32 Å². The van der Waals surface area contributed by atoms with E-state index in [1.54, 1.807) is 6.07 Å². The molecule has 0 radical (unpaired) electrons. The Balaban J connectivity index is 2.15. The van der Waals surface area contributed by atoms with Crippen LogP contribution in [0, 0.1) is 5.82 Å². The van der Waals surface area contributed by atoms with Gasteiger partial charge < -0.3 is 14.8 Å². The Kier molecular flexibility index (Phi) is 2.59. The van der Waals surface area contributed by atoms with E-state index in [-0.39, 0.29) is 11.4 Å². The molecule has 2 aromatic rings. The second kappa shape index (κ2) is 4.06. The Labute approximate surface area is 90.3 Å². The van der Waals surface area contributed by atoms with E-state index in [0.29, 0.717) is 0 Å². The molecule has 82 valence electrons. The molecule has 1 aromatic heterocycles. The molecule has 4 nitrogen and oxygen atoms in total. The number of carbonyl (C=O) groups excluding carboxylic acids is 1. The maximum atomic E-state index is 12.9. The summed E-state index contributed by atoms with van der Waals surface area (Å²) in [5, 5.41) is 11.4. The predicted molar refractivity (Wildman–Crippen MR) is 54.7 cm³/mol. The fourth-order valence-corrected chi connectivity index (χ4v) is 1.19. The van der Waals surface area contributed by atoms with Crippen molar-refractivity contribution in [2.45, 2.75) is 0 Å². The first-order valence-electron chi connectivity index (χ1n) is 4.50. The van der Waals surface area contributed by atoms with E-state index in [4.69, 9.17) is 9.52 Å². The maximum Gasteiger partial charge on any atom is 0.291 e. The lowest BCUT2D eigenvalue weighted by Crippen LogP contribution is -2.10. The summed E-state index contributed by atoms with van der Waals surface area (Å²) in [5.74, 6) is -1.60. The molecule has 5 heteroatoms. The monoisotopic (exact) mass is 221 g/mol. The number of halogens is 1. The first-order chi connectivity index (χ1) is 7.66. The molecule has 0 aliphatic heterocycles. The van der Waals surface area contributed by atoms with Crippen LogP contribution in [0.15, 0.2) is 41.0 Å². The van der Waals surface area contributed by atoms with Crippen LogP contribution >= 0.6 is 0 Å². The summed E-state index contributed by atoms with van der Waals surface area (Å²) in [4.78, 5) is 11.5. The van der Waals surface area contributed by atoms with Crippen LogP contribution in [0.5, 0.6) is 5.75 Å². The van der Waals surface area contributed by atoms with Gasteiger partial charge in [-0.15, -0.1) is 0 Å². The molecule has 1 heterocycles. The average Bonchev–Trinajstić information content (AvgIpc) is 2.77. The number of furan rings is 1. The van der Waals surface area contributed by atoms with E-state index in [9.17, 15) is 9.18 Å². The molecule has 0 bridgehead atoms. The number of aromatic hydroxyl groups is 1. The maximum absolute atomic E-state index is 12.9. The Bertz CT molecular complexity index is 508. The lowest BCUT2D eigenvalue weighted by Gasteiger charge is -2.03. The van der Waals surface area contributed by atoms with Crippen LogP contribution in [0.3, 0.4) is 0 Å². The number of rotatable bonds is 2. The van der Waals surface area contributed by atoms with Gasteiger partial charge in [-0.05, 0) is 24.3 Å². The summed E-state index contributed by atoms with van der Waals surface area (Å²) in [6.07, 6.45) is 1.37. The van der Waals surface area contributed by atoms with Crippen molar-refractivity contribution < 1.29 is 18.7 Å². The number of phenols is 1. The molecular formula is C11H8FNO3. The Morgan fingerprint density at radius 2 is 2.19 bits per heavy atom. The molecule has 0 saturated heterocycles. The van der Waals surface area contributed by atoms with Gasteiger partial charge in [-0.1, -0.05) is 0 Å². The van der Waals surface area contributed by atoms with Crippen molar-refractivity contribution in [3.8, 4) is 5.75 Å². The van der Waals surface area contributed by atoms with Gasteiger partial charge in [0.1, 0.15) is 0 Å². The highest BCUT2D eigenvalue weighted by Crippen LogP contribution is 2.19. The van der Waals surface area contributed by atoms with Crippen molar-refractivity contribution >= 4 is 11.6 Å². The predicted octanol–water partition coefficient (Wildman–Crippen LogP) is 2.38. The van der Waals surface area contributed by atoms with E-state index in [1.165, 1.54) is 18.4 Å². The zero-order valence-electron chi connectivity index (χ0n) is 8.11. The Morgan fingerprint density at radius 3 is 2.81 bits per heavy atom. The minimum atomic E-state index is -0.794. The number of nitrogens with one attached hydrogen (secondary N) is 1. The molecule has 2 rings (SSSR count). The summed E-state index contributed by atoms with van der Waals surface area (Å²) < 4.78 is 17.8. The van der Waals surface area contributed by atoms with Gasteiger partial charge in [-0.25, -0.2) is 4.39 Å². The Hall–Kier alpha value is -2.30. The number of amides is 1. The van der Waals surface area contributed by atoms with Gasteiger partial charge in [0.25, 0.3) is 5.91 Å². The SMILES string of the molecule is O=C(Nc1ccc(O)c(F)c1)c1ccco1. The summed E-state index contributed by atoms with van der Waals surface area (Å²) in [6.45, 7) is 0. The van der Waals surface area contributed by atoms with Crippen molar-refractivity contribution in [2.24, 2.45) is 0 Å². The lowest BCUT2D eigenvalue weighted by molar-refractivity contribution is 0.0996. The number of carbonyl (C=O) groups is 1. The molecule has 0 atom stereocenters. The lowest BCUT2D eigenvalue weighted by atomic mass is 10.3. The van der Waals surface area contributed by atoms with Crippen LogP contribution in [0.1, 0.15) is 10.6 Å². The first-order valence-corrected chi connectivity index (χ1v) is 4.50. The molecule has 0 spiro atoms. The van der Waals surface area contributed by atoms with Crippen LogP contribution in [-0.2, 0) is 0 Å². The van der Waals surface area contributed by atoms with Crippen molar-refractivity contribution in [3.63, 3.8) is 0 Å². The van der Waals surface area contributed by atoms with E-state index in [0.717, 1.165) is 12.1 Å². The summed E-state index contributed by atoms with van der Waals surface area (Å²) in [7, 11) is 0. The van der Waals surface area contributed by atoms with E-state index >= 15 is 0 Å². The number of phenolic OH excluding ortho intramolecular Hbond substituents is 1. The van der Waals surface area contributed by atoms with Crippen LogP contribution in [0.4, 0.5) is 10.1 Å². The zero-order valence-corrected chi connectivity index (χ0v) is 8.11. The topological polar surface area (TPSA) is 62.5 Å². The number of benzene rings is 1. The standard InChI is InChI=1S/C11H8FNO3/c12-8-6-7(3-4-9(8)14)13-11(15)10-2-1-5-16-10/h1-6,14H,(H,13,15). The smallest absolute Gasteiger partial charge is 0.291 e. The largest absolute Gasteiger partial charge is 0.505 e. The third-order valence-corrected chi connectivity index (χ3v) is 1.95. The Morgan fingerprint density at radius 1 is 1.38 bits per heavy atom. The molecule has 16 heavy (non-hydrogen) atoms. The highest BCUT2D eigenvalue weighted by Gasteiger charge is 2.09. The first kappa shape index (κ1) is 10.2. The number of anilines is 1. The molecule has 0 aliphatic carbocycles. The van der Waals surface area contributed by atoms with Crippen LogP contribution in [0.25, 0.3) is 0 Å². The van der Waals surface area contributed by atoms with Gasteiger partial charge in [0, 0.05) is 11.8 Å². The molecule has 0 aliphatic rings. The molecule has 2 N–H and O–H groups in total. The minimum Gasteiger partial charge on any atom is -0.505 e. The molecule has 1 aromatic carbocycles. The van der Waals surface area contributed by atoms with E-state index in [1.807, 2.05) is 0 Å². The van der Waals surface area contributed by atoms with Gasteiger partial charge in [-0.3, -0.25) is 4.79 Å². The highest BCUT2D eigenvalue weighted by atomic mass is 19.1. The van der Waals surface area contributed by atoms with Gasteiger partial charge in [0.15, 0.2) is 17.3 Å². The minimum absolute atomic E-state index is 0.133. The fraction of sp³-hybridized carbons (Fsp3) is 0. The highest BCUT2D eigenvalue weighted by molar-refractivity contribution is 6.02. The molecule has 0 fully saturated rings. The second-order valence-corrected chi connectivity index (χ2v) is 3.10. The second-order valence-electron chi connectivity index (χ2n) is 3.10. The molecule has 0 unspecified atom stereocenters. The third kappa shape index (κ3) is 2.03. The van der Waals surface area contributed by atoms with Crippen LogP contribution in [0.2, 0.25) is 0 Å². The van der Waals surface area contributed by atoms with Crippen molar-refractivity contribution in [3.05, 3.63) is 48.2 Å². The van der Waals surface area contributed by atoms with E-state index < -0.39 is 17.5 Å². The summed E-state index contributed by atoms with van der Waals surface area (Å²) in [5.41, 5.74) is 0.247. The van der Waals surface area contributed by atoms with Gasteiger partial charge in [0.05, 0.1) is 6.26 Å². The molecule has 1 amide bonds.